The second-order valence-corrected chi connectivity index (χ2v) is 1.99. The first-order valence-corrected chi connectivity index (χ1v) is 3.13. The Morgan fingerprint density at radius 3 is 2.50 bits per heavy atom. The minimum Gasteiger partial charge on any atom is -0.424 e. The van der Waals surface area contributed by atoms with E-state index in [-0.39, 0.29) is 11.8 Å². The molecule has 1 rings (SSSR count). The van der Waals surface area contributed by atoms with E-state index in [1.165, 1.54) is 24.3 Å². The van der Waals surface area contributed by atoms with Gasteiger partial charge in [-0.05, 0) is 29.4 Å². The van der Waals surface area contributed by atoms with Crippen LogP contribution in [-0.2, 0) is 0 Å². The third kappa shape index (κ3) is 2.12. The summed E-state index contributed by atoms with van der Waals surface area (Å²) in [6.07, 6.45) is 0. The second kappa shape index (κ2) is 3.56. The maximum absolute atomic E-state index is 12.3. The number of nitrogens with two attached hydrogens (primary N) is 1. The van der Waals surface area contributed by atoms with Gasteiger partial charge in [0.05, 0.1) is 0 Å². The van der Waals surface area contributed by atoms with Gasteiger partial charge in [0, 0.05) is 0 Å². The summed E-state index contributed by atoms with van der Waals surface area (Å²) in [6.45, 7) is 0. The predicted octanol–water partition coefficient (Wildman–Crippen LogP) is 0.908. The number of oxime groups is 1. The molecule has 1 aromatic rings. The van der Waals surface area contributed by atoms with Crippen molar-refractivity contribution < 1.29 is 14.3 Å². The van der Waals surface area contributed by atoms with Crippen molar-refractivity contribution in [3.05, 3.63) is 30.1 Å². The van der Waals surface area contributed by atoms with E-state index in [1.807, 2.05) is 0 Å². The SMILES string of the molecule is NC(=NO)Oc1ccc(F)cc1. The zero-order valence-corrected chi connectivity index (χ0v) is 6.07. The zero-order chi connectivity index (χ0) is 8.97. The first-order valence-electron chi connectivity index (χ1n) is 3.13. The molecule has 0 spiro atoms. The van der Waals surface area contributed by atoms with Gasteiger partial charge in [-0.2, -0.15) is 0 Å². The van der Waals surface area contributed by atoms with Gasteiger partial charge in [-0.1, -0.05) is 0 Å². The number of hydrogen-bond acceptors (Lipinski definition) is 3. The minimum absolute atomic E-state index is 0.312. The summed E-state index contributed by atoms with van der Waals surface area (Å²) in [6, 6.07) is 4.77. The molecule has 0 heterocycles. The Morgan fingerprint density at radius 2 is 2.00 bits per heavy atom. The largest absolute Gasteiger partial charge is 0.424 e. The monoisotopic (exact) mass is 170 g/mol. The Balaban J connectivity index is 2.71. The van der Waals surface area contributed by atoms with E-state index in [9.17, 15) is 4.39 Å². The number of amidine groups is 1. The van der Waals surface area contributed by atoms with Crippen LogP contribution in [0, 0.1) is 5.82 Å². The molecule has 0 saturated heterocycles. The van der Waals surface area contributed by atoms with Crippen LogP contribution in [0.4, 0.5) is 4.39 Å². The highest BCUT2D eigenvalue weighted by atomic mass is 19.1. The summed E-state index contributed by atoms with van der Waals surface area (Å²) in [4.78, 5) is 0. The Labute approximate surface area is 68.1 Å². The van der Waals surface area contributed by atoms with Crippen LogP contribution in [0.15, 0.2) is 29.4 Å². The molecule has 0 radical (unpaired) electrons. The fraction of sp³-hybridized carbons (Fsp3) is 0. The smallest absolute Gasteiger partial charge is 0.326 e. The molecule has 1 aromatic carbocycles. The van der Waals surface area contributed by atoms with Crippen LogP contribution in [0.1, 0.15) is 0 Å². The number of ether oxygens (including phenoxy) is 1. The summed E-state index contributed by atoms with van der Waals surface area (Å²) in [5, 5.41) is 10.7. The lowest BCUT2D eigenvalue weighted by atomic mass is 10.3. The van der Waals surface area contributed by atoms with Gasteiger partial charge < -0.3 is 15.7 Å². The third-order valence-electron chi connectivity index (χ3n) is 1.13. The molecular formula is C7H7FN2O2. The average Bonchev–Trinajstić information content (AvgIpc) is 2.09. The number of halogens is 1. The van der Waals surface area contributed by atoms with E-state index in [4.69, 9.17) is 15.7 Å². The quantitative estimate of drug-likeness (QED) is 0.285. The molecule has 0 amide bonds. The number of hydrogen-bond donors (Lipinski definition) is 2. The topological polar surface area (TPSA) is 67.8 Å². The first kappa shape index (κ1) is 8.32. The van der Waals surface area contributed by atoms with Gasteiger partial charge in [0.1, 0.15) is 11.6 Å². The summed E-state index contributed by atoms with van der Waals surface area (Å²) >= 11 is 0. The van der Waals surface area contributed by atoms with Crippen molar-refractivity contribution in [3.63, 3.8) is 0 Å². The highest BCUT2D eigenvalue weighted by Crippen LogP contribution is 2.10. The number of rotatable bonds is 1. The van der Waals surface area contributed by atoms with Crippen LogP contribution in [0.25, 0.3) is 0 Å². The van der Waals surface area contributed by atoms with E-state index in [1.54, 1.807) is 0 Å². The minimum atomic E-state index is -0.387. The molecule has 0 atom stereocenters. The highest BCUT2D eigenvalue weighted by Gasteiger charge is 1.96. The van der Waals surface area contributed by atoms with Crippen LogP contribution in [0.5, 0.6) is 5.75 Å². The molecule has 0 bridgehead atoms. The normalized spacial score (nSPS) is 11.2. The van der Waals surface area contributed by atoms with Crippen LogP contribution in [-0.4, -0.2) is 11.2 Å². The number of nitrogens with zero attached hydrogens (tertiary/aromatic N) is 1. The number of benzene rings is 1. The van der Waals surface area contributed by atoms with Crippen molar-refractivity contribution in [1.82, 2.24) is 0 Å². The van der Waals surface area contributed by atoms with Crippen LogP contribution >= 0.6 is 0 Å². The lowest BCUT2D eigenvalue weighted by molar-refractivity contribution is 0.302. The molecular weight excluding hydrogens is 163 g/mol. The van der Waals surface area contributed by atoms with Crippen LogP contribution in [0.2, 0.25) is 0 Å². The highest BCUT2D eigenvalue weighted by molar-refractivity contribution is 5.73. The molecule has 4 nitrogen and oxygen atoms in total. The molecule has 0 saturated carbocycles. The van der Waals surface area contributed by atoms with Crippen molar-refractivity contribution in [2.75, 3.05) is 0 Å². The predicted molar refractivity (Wildman–Crippen MR) is 40.4 cm³/mol. The van der Waals surface area contributed by atoms with Crippen molar-refractivity contribution in [1.29, 1.82) is 0 Å². The summed E-state index contributed by atoms with van der Waals surface area (Å²) < 4.78 is 17.1. The van der Waals surface area contributed by atoms with E-state index in [2.05, 4.69) is 5.16 Å². The van der Waals surface area contributed by atoms with Gasteiger partial charge in [-0.3, -0.25) is 0 Å². The van der Waals surface area contributed by atoms with E-state index in [0.29, 0.717) is 5.75 Å². The second-order valence-electron chi connectivity index (χ2n) is 1.99. The standard InChI is InChI=1S/C7H7FN2O2/c8-5-1-3-6(4-2-5)12-7(9)10-11/h1-4,11H,(H2,9,10). The molecule has 0 unspecified atom stereocenters. The van der Waals surface area contributed by atoms with Crippen LogP contribution < -0.4 is 10.5 Å². The van der Waals surface area contributed by atoms with Crippen LogP contribution in [0.3, 0.4) is 0 Å². The van der Waals surface area contributed by atoms with Crippen molar-refractivity contribution in [2.24, 2.45) is 10.9 Å². The zero-order valence-electron chi connectivity index (χ0n) is 6.07. The van der Waals surface area contributed by atoms with E-state index in [0.717, 1.165) is 0 Å². The Hall–Kier alpha value is -1.78. The summed E-state index contributed by atoms with van der Waals surface area (Å²) in [7, 11) is 0. The van der Waals surface area contributed by atoms with Gasteiger partial charge in [-0.15, -0.1) is 0 Å². The molecule has 0 aliphatic rings. The van der Waals surface area contributed by atoms with Gasteiger partial charge >= 0.3 is 6.02 Å². The average molecular weight is 170 g/mol. The molecule has 0 aliphatic heterocycles. The van der Waals surface area contributed by atoms with Gasteiger partial charge in [0.25, 0.3) is 0 Å². The maximum Gasteiger partial charge on any atom is 0.326 e. The molecule has 12 heavy (non-hydrogen) atoms. The van der Waals surface area contributed by atoms with Gasteiger partial charge in [0.15, 0.2) is 0 Å². The van der Waals surface area contributed by atoms with Crippen molar-refractivity contribution in [3.8, 4) is 5.75 Å². The molecule has 0 aliphatic carbocycles. The van der Waals surface area contributed by atoms with Gasteiger partial charge in [0.2, 0.25) is 0 Å². The summed E-state index contributed by atoms with van der Waals surface area (Å²) in [5.74, 6) is -0.0615. The van der Waals surface area contributed by atoms with Gasteiger partial charge in [-0.25, -0.2) is 4.39 Å². The fourth-order valence-corrected chi connectivity index (χ4v) is 0.644. The Morgan fingerprint density at radius 1 is 1.42 bits per heavy atom. The molecule has 0 aromatic heterocycles. The molecule has 64 valence electrons. The molecule has 0 fully saturated rings. The lowest BCUT2D eigenvalue weighted by Crippen LogP contribution is -2.19. The third-order valence-corrected chi connectivity index (χ3v) is 1.13. The van der Waals surface area contributed by atoms with Crippen molar-refractivity contribution >= 4 is 6.02 Å². The van der Waals surface area contributed by atoms with E-state index >= 15 is 0 Å². The maximum atomic E-state index is 12.3. The first-order chi connectivity index (χ1) is 5.72. The lowest BCUT2D eigenvalue weighted by Gasteiger charge is -2.00. The molecule has 5 heteroatoms. The Kier molecular flexibility index (Phi) is 2.47. The molecule has 3 N–H and O–H groups in total. The Bertz CT molecular complexity index is 284. The summed E-state index contributed by atoms with van der Waals surface area (Å²) in [5.41, 5.74) is 5.03. The fourth-order valence-electron chi connectivity index (χ4n) is 0.644. The van der Waals surface area contributed by atoms with E-state index < -0.39 is 0 Å². The van der Waals surface area contributed by atoms with Crippen molar-refractivity contribution in [2.45, 2.75) is 0 Å².